The second-order valence-electron chi connectivity index (χ2n) is 8.04. The summed E-state index contributed by atoms with van der Waals surface area (Å²) < 4.78 is 102. The number of alkyl halides is 2. The molecule has 1 nitrogen and oxygen atoms in total. The van der Waals surface area contributed by atoms with E-state index >= 15 is 0 Å². The maximum absolute atomic E-state index is 14.6. The van der Waals surface area contributed by atoms with Crippen molar-refractivity contribution in [3.05, 3.63) is 64.5 Å². The van der Waals surface area contributed by atoms with E-state index in [0.717, 1.165) is 44.2 Å². The third kappa shape index (κ3) is 5.33. The molecule has 2 aromatic rings. The van der Waals surface area contributed by atoms with E-state index in [1.807, 2.05) is 0 Å². The van der Waals surface area contributed by atoms with E-state index in [0.29, 0.717) is 24.3 Å². The zero-order valence-electron chi connectivity index (χ0n) is 17.0. The Hall–Kier alpha value is -2.25. The van der Waals surface area contributed by atoms with Crippen LogP contribution in [0.5, 0.6) is 5.75 Å². The SMILES string of the molecule is CCCC1CCCC(c2cc(F)c(C(F)(F)Oc3cc(F)c(F)c(F)c3)c(F)c2)CC1. The summed E-state index contributed by atoms with van der Waals surface area (Å²) in [6.45, 7) is 2.10. The van der Waals surface area contributed by atoms with Gasteiger partial charge in [0, 0.05) is 12.1 Å². The maximum atomic E-state index is 14.6. The quantitative estimate of drug-likeness (QED) is 0.247. The molecule has 1 aliphatic carbocycles. The first-order valence-corrected chi connectivity index (χ1v) is 10.3. The Labute approximate surface area is 176 Å². The molecule has 8 heteroatoms. The number of ether oxygens (including phenoxy) is 1. The number of rotatable bonds is 6. The van der Waals surface area contributed by atoms with Gasteiger partial charge in [0.15, 0.2) is 17.5 Å². The van der Waals surface area contributed by atoms with Crippen LogP contribution in [-0.4, -0.2) is 0 Å². The molecule has 0 heterocycles. The lowest BCUT2D eigenvalue weighted by Gasteiger charge is -2.22. The summed E-state index contributed by atoms with van der Waals surface area (Å²) in [5.74, 6) is -9.13. The first-order chi connectivity index (χ1) is 14.6. The third-order valence-electron chi connectivity index (χ3n) is 5.82. The van der Waals surface area contributed by atoms with Crippen molar-refractivity contribution in [2.45, 2.75) is 63.9 Å². The lowest BCUT2D eigenvalue weighted by molar-refractivity contribution is -0.189. The van der Waals surface area contributed by atoms with Crippen molar-refractivity contribution in [2.24, 2.45) is 5.92 Å². The van der Waals surface area contributed by atoms with Gasteiger partial charge in [-0.25, -0.2) is 22.0 Å². The van der Waals surface area contributed by atoms with Crippen LogP contribution >= 0.6 is 0 Å². The molecular weight excluding hydrogens is 425 g/mol. The zero-order valence-corrected chi connectivity index (χ0v) is 17.0. The van der Waals surface area contributed by atoms with E-state index < -0.39 is 46.5 Å². The first kappa shape index (κ1) is 23.4. The van der Waals surface area contributed by atoms with Gasteiger partial charge >= 0.3 is 6.11 Å². The predicted octanol–water partition coefficient (Wildman–Crippen LogP) is 7.97. The highest BCUT2D eigenvalue weighted by Crippen LogP contribution is 2.40. The predicted molar refractivity (Wildman–Crippen MR) is 101 cm³/mol. The fraction of sp³-hybridized carbons (Fsp3) is 0.478. The van der Waals surface area contributed by atoms with Crippen LogP contribution in [0, 0.1) is 35.0 Å². The van der Waals surface area contributed by atoms with E-state index in [1.54, 1.807) is 0 Å². The molecule has 0 amide bonds. The minimum Gasteiger partial charge on any atom is -0.429 e. The molecule has 170 valence electrons. The number of hydrogen-bond acceptors (Lipinski definition) is 1. The fourth-order valence-electron chi connectivity index (χ4n) is 4.31. The molecule has 0 aliphatic heterocycles. The molecule has 0 N–H and O–H groups in total. The van der Waals surface area contributed by atoms with Crippen LogP contribution in [-0.2, 0) is 6.11 Å². The smallest absolute Gasteiger partial charge is 0.429 e. The van der Waals surface area contributed by atoms with Crippen molar-refractivity contribution < 1.29 is 35.5 Å². The van der Waals surface area contributed by atoms with Gasteiger partial charge in [0.25, 0.3) is 0 Å². The van der Waals surface area contributed by atoms with Gasteiger partial charge in [-0.15, -0.1) is 0 Å². The van der Waals surface area contributed by atoms with Crippen molar-refractivity contribution in [1.29, 1.82) is 0 Å². The van der Waals surface area contributed by atoms with E-state index in [2.05, 4.69) is 11.7 Å². The van der Waals surface area contributed by atoms with Crippen LogP contribution in [0.25, 0.3) is 0 Å². The molecule has 0 radical (unpaired) electrons. The van der Waals surface area contributed by atoms with Gasteiger partial charge in [0.2, 0.25) is 0 Å². The van der Waals surface area contributed by atoms with E-state index in [-0.39, 0.29) is 18.1 Å². The van der Waals surface area contributed by atoms with Gasteiger partial charge < -0.3 is 4.74 Å². The number of benzene rings is 2. The average molecular weight is 448 g/mol. The molecule has 1 aliphatic rings. The van der Waals surface area contributed by atoms with Gasteiger partial charge in [-0.3, -0.25) is 0 Å². The highest BCUT2D eigenvalue weighted by molar-refractivity contribution is 5.32. The topological polar surface area (TPSA) is 9.23 Å². The van der Waals surface area contributed by atoms with Gasteiger partial charge in [-0.05, 0) is 48.8 Å². The molecule has 1 saturated carbocycles. The molecule has 2 atom stereocenters. The molecule has 2 unspecified atom stereocenters. The lowest BCUT2D eigenvalue weighted by Crippen LogP contribution is -2.25. The standard InChI is InChI=1S/C23H23F7O/c1-2-4-13-5-3-6-14(8-7-13)15-9-17(24)21(18(25)10-15)23(29,30)31-16-11-19(26)22(28)20(27)12-16/h9-14H,2-8H2,1H3. The fourth-order valence-corrected chi connectivity index (χ4v) is 4.31. The lowest BCUT2D eigenvalue weighted by atomic mass is 9.89. The summed E-state index contributed by atoms with van der Waals surface area (Å²) in [6, 6.07) is 2.09. The molecule has 2 aromatic carbocycles. The van der Waals surface area contributed by atoms with E-state index in [9.17, 15) is 30.7 Å². The van der Waals surface area contributed by atoms with Crippen LogP contribution in [0.15, 0.2) is 24.3 Å². The van der Waals surface area contributed by atoms with Gasteiger partial charge in [-0.1, -0.05) is 32.6 Å². The first-order valence-electron chi connectivity index (χ1n) is 10.3. The number of halogens is 7. The van der Waals surface area contributed by atoms with Crippen molar-refractivity contribution in [3.8, 4) is 5.75 Å². The summed E-state index contributed by atoms with van der Waals surface area (Å²) in [4.78, 5) is 0. The highest BCUT2D eigenvalue weighted by Gasteiger charge is 2.42. The molecular formula is C23H23F7O. The van der Waals surface area contributed by atoms with Crippen molar-refractivity contribution in [3.63, 3.8) is 0 Å². The Bertz CT molecular complexity index is 882. The monoisotopic (exact) mass is 448 g/mol. The molecule has 0 spiro atoms. The summed E-state index contributed by atoms with van der Waals surface area (Å²) in [6.07, 6.45) is 1.82. The summed E-state index contributed by atoms with van der Waals surface area (Å²) >= 11 is 0. The largest absolute Gasteiger partial charge is 0.432 e. The van der Waals surface area contributed by atoms with Crippen LogP contribution in [0.2, 0.25) is 0 Å². The average Bonchev–Trinajstić information content (AvgIpc) is 2.91. The van der Waals surface area contributed by atoms with Crippen molar-refractivity contribution in [2.75, 3.05) is 0 Å². The molecule has 3 rings (SSSR count). The molecule has 0 bridgehead atoms. The molecule has 31 heavy (non-hydrogen) atoms. The summed E-state index contributed by atoms with van der Waals surface area (Å²) in [5.41, 5.74) is -1.37. The summed E-state index contributed by atoms with van der Waals surface area (Å²) in [7, 11) is 0. The second kappa shape index (κ2) is 9.49. The minimum absolute atomic E-state index is 0.144. The zero-order chi connectivity index (χ0) is 22.8. The maximum Gasteiger partial charge on any atom is 0.432 e. The Balaban J connectivity index is 1.84. The highest BCUT2D eigenvalue weighted by atomic mass is 19.3. The van der Waals surface area contributed by atoms with E-state index in [1.165, 1.54) is 0 Å². The van der Waals surface area contributed by atoms with Crippen molar-refractivity contribution >= 4 is 0 Å². The molecule has 1 fully saturated rings. The molecule has 0 saturated heterocycles. The Morgan fingerprint density at radius 1 is 0.839 bits per heavy atom. The molecule has 0 aromatic heterocycles. The van der Waals surface area contributed by atoms with Gasteiger partial charge in [-0.2, -0.15) is 8.78 Å². The van der Waals surface area contributed by atoms with Gasteiger partial charge in [0.05, 0.1) is 0 Å². The second-order valence-corrected chi connectivity index (χ2v) is 8.04. The Morgan fingerprint density at radius 3 is 2.03 bits per heavy atom. The van der Waals surface area contributed by atoms with E-state index in [4.69, 9.17) is 0 Å². The third-order valence-corrected chi connectivity index (χ3v) is 5.82. The Kier molecular flexibility index (Phi) is 7.17. The Morgan fingerprint density at radius 2 is 1.45 bits per heavy atom. The minimum atomic E-state index is -4.57. The van der Waals surface area contributed by atoms with Crippen LogP contribution in [0.3, 0.4) is 0 Å². The van der Waals surface area contributed by atoms with Crippen molar-refractivity contribution in [1.82, 2.24) is 0 Å². The summed E-state index contributed by atoms with van der Waals surface area (Å²) in [5, 5.41) is 0. The normalized spacial score (nSPS) is 19.9. The number of hydrogen-bond donors (Lipinski definition) is 0. The van der Waals surface area contributed by atoms with Gasteiger partial charge in [0.1, 0.15) is 22.9 Å². The van der Waals surface area contributed by atoms with Crippen LogP contribution in [0.4, 0.5) is 30.7 Å². The van der Waals surface area contributed by atoms with Crippen LogP contribution in [0.1, 0.15) is 68.9 Å². The van der Waals surface area contributed by atoms with Crippen LogP contribution < -0.4 is 4.74 Å².